The Labute approximate surface area is 128 Å². The summed E-state index contributed by atoms with van der Waals surface area (Å²) in [6, 6.07) is 15.8. The van der Waals surface area contributed by atoms with Gasteiger partial charge in [0.15, 0.2) is 0 Å². The van der Waals surface area contributed by atoms with Crippen LogP contribution in [-0.4, -0.2) is 20.2 Å². The largest absolute Gasteiger partial charge is 0.496 e. The van der Waals surface area contributed by atoms with E-state index in [1.54, 1.807) is 24.9 Å². The third kappa shape index (κ3) is 4.39. The van der Waals surface area contributed by atoms with Gasteiger partial charge in [-0.05, 0) is 35.9 Å². The van der Waals surface area contributed by atoms with E-state index in [1.807, 2.05) is 48.5 Å². The van der Waals surface area contributed by atoms with Gasteiger partial charge in [0.05, 0.1) is 19.1 Å². The maximum Gasteiger partial charge on any atom is 0.330 e. The molecule has 0 heterocycles. The van der Waals surface area contributed by atoms with Gasteiger partial charge in [-0.3, -0.25) is 0 Å². The second kappa shape index (κ2) is 7.55. The molecule has 108 valence electrons. The van der Waals surface area contributed by atoms with Crippen molar-refractivity contribution in [1.82, 2.24) is 0 Å². The van der Waals surface area contributed by atoms with E-state index >= 15 is 0 Å². The Kier molecular flexibility index (Phi) is 5.46. The molecule has 2 aromatic rings. The molecule has 0 atom stereocenters. The topological polar surface area (TPSA) is 35.5 Å². The highest BCUT2D eigenvalue weighted by Gasteiger charge is 2.06. The Morgan fingerprint density at radius 3 is 2.52 bits per heavy atom. The standard InChI is InChI=1S/C17H16O3S/c1-19-15-10-8-13(9-11-17(18)20-2)12-16(15)21-14-6-4-3-5-7-14/h3-12H,1-2H3/b11-9-. The quantitative estimate of drug-likeness (QED) is 0.617. The van der Waals surface area contributed by atoms with Gasteiger partial charge in [0, 0.05) is 11.0 Å². The Hall–Kier alpha value is -2.20. The highest BCUT2D eigenvalue weighted by Crippen LogP contribution is 2.35. The molecule has 0 radical (unpaired) electrons. The van der Waals surface area contributed by atoms with Crippen molar-refractivity contribution in [2.75, 3.05) is 14.2 Å². The first-order valence-electron chi connectivity index (χ1n) is 6.40. The molecule has 0 bridgehead atoms. The van der Waals surface area contributed by atoms with E-state index in [1.165, 1.54) is 13.2 Å². The lowest BCUT2D eigenvalue weighted by molar-refractivity contribution is -0.134. The fourth-order valence-corrected chi connectivity index (χ4v) is 2.72. The first-order chi connectivity index (χ1) is 10.2. The molecule has 0 N–H and O–H groups in total. The minimum Gasteiger partial charge on any atom is -0.496 e. The first-order valence-corrected chi connectivity index (χ1v) is 7.21. The third-order valence-electron chi connectivity index (χ3n) is 2.77. The molecule has 0 aliphatic rings. The summed E-state index contributed by atoms with van der Waals surface area (Å²) in [6.45, 7) is 0. The lowest BCUT2D eigenvalue weighted by Crippen LogP contribution is -1.93. The van der Waals surface area contributed by atoms with Crippen molar-refractivity contribution >= 4 is 23.8 Å². The molecule has 4 heteroatoms. The molecule has 21 heavy (non-hydrogen) atoms. The minimum absolute atomic E-state index is 0.372. The second-order valence-electron chi connectivity index (χ2n) is 4.18. The fourth-order valence-electron chi connectivity index (χ4n) is 1.72. The van der Waals surface area contributed by atoms with E-state index in [9.17, 15) is 4.79 Å². The van der Waals surface area contributed by atoms with Crippen LogP contribution in [0, 0.1) is 0 Å². The number of hydrogen-bond donors (Lipinski definition) is 0. The molecule has 0 amide bonds. The lowest BCUT2D eigenvalue weighted by Gasteiger charge is -2.09. The summed E-state index contributed by atoms with van der Waals surface area (Å²) in [4.78, 5) is 13.3. The Bertz CT molecular complexity index is 636. The van der Waals surface area contributed by atoms with Crippen LogP contribution in [-0.2, 0) is 9.53 Å². The van der Waals surface area contributed by atoms with E-state index in [4.69, 9.17) is 4.74 Å². The smallest absolute Gasteiger partial charge is 0.330 e. The molecule has 0 saturated carbocycles. The van der Waals surface area contributed by atoms with Crippen molar-refractivity contribution in [3.8, 4) is 5.75 Å². The van der Waals surface area contributed by atoms with E-state index in [0.717, 1.165) is 21.1 Å². The Balaban J connectivity index is 2.26. The van der Waals surface area contributed by atoms with Crippen LogP contribution >= 0.6 is 11.8 Å². The van der Waals surface area contributed by atoms with Gasteiger partial charge in [-0.2, -0.15) is 0 Å². The number of rotatable bonds is 5. The van der Waals surface area contributed by atoms with E-state index in [2.05, 4.69) is 4.74 Å². The predicted octanol–water partition coefficient (Wildman–Crippen LogP) is 4.03. The summed E-state index contributed by atoms with van der Waals surface area (Å²) in [5, 5.41) is 0. The highest BCUT2D eigenvalue weighted by atomic mass is 32.2. The van der Waals surface area contributed by atoms with Crippen molar-refractivity contribution < 1.29 is 14.3 Å². The zero-order chi connectivity index (χ0) is 15.1. The van der Waals surface area contributed by atoms with Crippen LogP contribution in [0.3, 0.4) is 0 Å². The molecule has 0 fully saturated rings. The van der Waals surface area contributed by atoms with Crippen molar-refractivity contribution in [3.05, 3.63) is 60.2 Å². The monoisotopic (exact) mass is 300 g/mol. The summed E-state index contributed by atoms with van der Waals surface area (Å²) in [7, 11) is 3.01. The van der Waals surface area contributed by atoms with Crippen LogP contribution in [0.5, 0.6) is 5.75 Å². The summed E-state index contributed by atoms with van der Waals surface area (Å²) in [6.07, 6.45) is 3.12. The molecule has 0 aromatic heterocycles. The summed E-state index contributed by atoms with van der Waals surface area (Å²) in [5.41, 5.74) is 0.916. The van der Waals surface area contributed by atoms with Crippen molar-refractivity contribution in [2.24, 2.45) is 0 Å². The molecule has 0 aliphatic carbocycles. The second-order valence-corrected chi connectivity index (χ2v) is 5.30. The van der Waals surface area contributed by atoms with Gasteiger partial charge >= 0.3 is 5.97 Å². The van der Waals surface area contributed by atoms with Gasteiger partial charge in [0.2, 0.25) is 0 Å². The molecule has 3 nitrogen and oxygen atoms in total. The zero-order valence-electron chi connectivity index (χ0n) is 11.9. The van der Waals surface area contributed by atoms with Crippen molar-refractivity contribution in [1.29, 1.82) is 0 Å². The molecular weight excluding hydrogens is 284 g/mol. The molecule has 0 unspecified atom stereocenters. The van der Waals surface area contributed by atoms with Gasteiger partial charge in [0.25, 0.3) is 0 Å². The molecular formula is C17H16O3S. The molecule has 0 aliphatic heterocycles. The van der Waals surface area contributed by atoms with Crippen molar-refractivity contribution in [3.63, 3.8) is 0 Å². The summed E-state index contributed by atoms with van der Waals surface area (Å²) < 4.78 is 9.97. The minimum atomic E-state index is -0.372. The SMILES string of the molecule is COC(=O)/C=C\c1ccc(OC)c(Sc2ccccc2)c1. The lowest BCUT2D eigenvalue weighted by atomic mass is 10.2. The van der Waals surface area contributed by atoms with Gasteiger partial charge < -0.3 is 9.47 Å². The number of carbonyl (C=O) groups excluding carboxylic acids is 1. The van der Waals surface area contributed by atoms with E-state index in [0.29, 0.717) is 0 Å². The molecule has 0 saturated heterocycles. The number of esters is 1. The van der Waals surface area contributed by atoms with Gasteiger partial charge in [-0.1, -0.05) is 36.0 Å². The van der Waals surface area contributed by atoms with Gasteiger partial charge in [-0.25, -0.2) is 4.79 Å². The third-order valence-corrected chi connectivity index (χ3v) is 3.82. The Morgan fingerprint density at radius 1 is 1.10 bits per heavy atom. The average Bonchev–Trinajstić information content (AvgIpc) is 2.53. The number of methoxy groups -OCH3 is 2. The van der Waals surface area contributed by atoms with E-state index < -0.39 is 0 Å². The number of hydrogen-bond acceptors (Lipinski definition) is 4. The highest BCUT2D eigenvalue weighted by molar-refractivity contribution is 7.99. The molecule has 0 spiro atoms. The van der Waals surface area contributed by atoms with Crippen LogP contribution in [0.15, 0.2) is 64.4 Å². The normalized spacial score (nSPS) is 10.6. The predicted molar refractivity (Wildman–Crippen MR) is 84.6 cm³/mol. The van der Waals surface area contributed by atoms with Gasteiger partial charge in [-0.15, -0.1) is 0 Å². The zero-order valence-corrected chi connectivity index (χ0v) is 12.7. The van der Waals surface area contributed by atoms with Crippen LogP contribution < -0.4 is 4.74 Å². The van der Waals surface area contributed by atoms with Gasteiger partial charge in [0.1, 0.15) is 5.75 Å². The number of ether oxygens (including phenoxy) is 2. The Morgan fingerprint density at radius 2 is 1.86 bits per heavy atom. The van der Waals surface area contributed by atoms with Crippen LogP contribution in [0.4, 0.5) is 0 Å². The number of benzene rings is 2. The number of carbonyl (C=O) groups is 1. The fraction of sp³-hybridized carbons (Fsp3) is 0.118. The summed E-state index contributed by atoms with van der Waals surface area (Å²) >= 11 is 1.62. The van der Waals surface area contributed by atoms with E-state index in [-0.39, 0.29) is 5.97 Å². The molecule has 2 rings (SSSR count). The van der Waals surface area contributed by atoms with Crippen LogP contribution in [0.2, 0.25) is 0 Å². The molecule has 2 aromatic carbocycles. The summed E-state index contributed by atoms with van der Waals surface area (Å²) in [5.74, 6) is 0.433. The maximum absolute atomic E-state index is 11.1. The van der Waals surface area contributed by atoms with Crippen LogP contribution in [0.1, 0.15) is 5.56 Å². The average molecular weight is 300 g/mol. The first kappa shape index (κ1) is 15.2. The van der Waals surface area contributed by atoms with Crippen molar-refractivity contribution in [2.45, 2.75) is 9.79 Å². The van der Waals surface area contributed by atoms with Crippen LogP contribution in [0.25, 0.3) is 6.08 Å². The maximum atomic E-state index is 11.1.